The molecule has 0 aliphatic carbocycles. The predicted molar refractivity (Wildman–Crippen MR) is 82.1 cm³/mol. The molecule has 7 nitrogen and oxygen atoms in total. The van der Waals surface area contributed by atoms with Crippen LogP contribution in [0.2, 0.25) is 0 Å². The number of aromatic nitrogens is 2. The topological polar surface area (TPSA) is 93.2 Å². The van der Waals surface area contributed by atoms with Crippen LogP contribution in [-0.2, 0) is 9.53 Å². The highest BCUT2D eigenvalue weighted by atomic mass is 16.5. The Labute approximate surface area is 127 Å². The molecule has 1 aromatic carbocycles. The minimum absolute atomic E-state index is 0.214. The maximum Gasteiger partial charge on any atom is 0.337 e. The van der Waals surface area contributed by atoms with Crippen molar-refractivity contribution >= 4 is 29.3 Å². The fourth-order valence-corrected chi connectivity index (χ4v) is 1.79. The molecule has 1 amide bonds. The molecule has 1 heterocycles. The van der Waals surface area contributed by atoms with Crippen molar-refractivity contribution in [2.75, 3.05) is 17.7 Å². The second-order valence-electron chi connectivity index (χ2n) is 4.59. The molecule has 114 valence electrons. The number of methoxy groups -OCH3 is 1. The lowest BCUT2D eigenvalue weighted by Crippen LogP contribution is -2.09. The number of esters is 1. The third kappa shape index (κ3) is 3.78. The van der Waals surface area contributed by atoms with Crippen LogP contribution < -0.4 is 10.6 Å². The largest absolute Gasteiger partial charge is 0.465 e. The van der Waals surface area contributed by atoms with E-state index in [1.54, 1.807) is 24.3 Å². The number of aryl methyl sites for hydroxylation is 1. The molecule has 2 N–H and O–H groups in total. The molecule has 0 fully saturated rings. The van der Waals surface area contributed by atoms with Crippen LogP contribution in [0.1, 0.15) is 22.8 Å². The van der Waals surface area contributed by atoms with Crippen LogP contribution in [0.3, 0.4) is 0 Å². The lowest BCUT2D eigenvalue weighted by Gasteiger charge is -2.10. The molecule has 0 radical (unpaired) electrons. The van der Waals surface area contributed by atoms with Crippen molar-refractivity contribution in [3.05, 3.63) is 41.6 Å². The Kier molecular flexibility index (Phi) is 4.67. The summed E-state index contributed by atoms with van der Waals surface area (Å²) in [7, 11) is 1.33. The summed E-state index contributed by atoms with van der Waals surface area (Å²) in [6.07, 6.45) is 1.53. The molecule has 0 spiro atoms. The molecule has 0 saturated carbocycles. The first-order valence-electron chi connectivity index (χ1n) is 6.56. The first-order valence-corrected chi connectivity index (χ1v) is 6.56. The maximum atomic E-state index is 11.6. The summed E-state index contributed by atoms with van der Waals surface area (Å²) in [6, 6.07) is 6.73. The van der Waals surface area contributed by atoms with Gasteiger partial charge in [-0.25, -0.2) is 9.78 Å². The molecule has 0 aliphatic rings. The van der Waals surface area contributed by atoms with Crippen molar-refractivity contribution in [1.82, 2.24) is 9.97 Å². The van der Waals surface area contributed by atoms with Gasteiger partial charge in [-0.1, -0.05) is 6.07 Å². The van der Waals surface area contributed by atoms with Crippen molar-refractivity contribution in [1.29, 1.82) is 0 Å². The maximum absolute atomic E-state index is 11.6. The van der Waals surface area contributed by atoms with Gasteiger partial charge in [-0.2, -0.15) is 4.98 Å². The number of amides is 1. The molecule has 2 rings (SSSR count). The van der Waals surface area contributed by atoms with Gasteiger partial charge >= 0.3 is 5.97 Å². The zero-order chi connectivity index (χ0) is 16.1. The van der Waals surface area contributed by atoms with Gasteiger partial charge in [0.05, 0.1) is 12.7 Å². The molecule has 0 bridgehead atoms. The lowest BCUT2D eigenvalue weighted by molar-refractivity contribution is -0.114. The molecular weight excluding hydrogens is 284 g/mol. The second-order valence-corrected chi connectivity index (χ2v) is 4.59. The van der Waals surface area contributed by atoms with Gasteiger partial charge in [0.25, 0.3) is 0 Å². The van der Waals surface area contributed by atoms with E-state index in [1.165, 1.54) is 20.2 Å². The van der Waals surface area contributed by atoms with Crippen LogP contribution in [0, 0.1) is 6.92 Å². The third-order valence-corrected chi connectivity index (χ3v) is 2.86. The summed E-state index contributed by atoms with van der Waals surface area (Å²) in [6.45, 7) is 3.29. The van der Waals surface area contributed by atoms with Crippen molar-refractivity contribution in [2.24, 2.45) is 0 Å². The highest BCUT2D eigenvalue weighted by molar-refractivity contribution is 5.91. The Morgan fingerprint density at radius 2 is 2.00 bits per heavy atom. The SMILES string of the molecule is COC(=O)c1ccc(C)c(Nc2nccc(NC(C)=O)n2)c1. The van der Waals surface area contributed by atoms with Crippen LogP contribution >= 0.6 is 0 Å². The molecule has 22 heavy (non-hydrogen) atoms. The molecule has 1 aromatic heterocycles. The Balaban J connectivity index is 2.26. The van der Waals surface area contributed by atoms with Crippen LogP contribution in [0.15, 0.2) is 30.5 Å². The van der Waals surface area contributed by atoms with Crippen LogP contribution in [0.25, 0.3) is 0 Å². The fraction of sp³-hybridized carbons (Fsp3) is 0.200. The lowest BCUT2D eigenvalue weighted by atomic mass is 10.1. The number of nitrogens with one attached hydrogen (secondary N) is 2. The summed E-state index contributed by atoms with van der Waals surface area (Å²) < 4.78 is 4.70. The molecule has 2 aromatic rings. The van der Waals surface area contributed by atoms with Crippen molar-refractivity contribution in [3.63, 3.8) is 0 Å². The Hall–Kier alpha value is -2.96. The average Bonchev–Trinajstić information content (AvgIpc) is 2.48. The molecule has 0 saturated heterocycles. The molecule has 0 atom stereocenters. The number of benzene rings is 1. The summed E-state index contributed by atoms with van der Waals surface area (Å²) in [5, 5.41) is 5.60. The van der Waals surface area contributed by atoms with E-state index in [2.05, 4.69) is 20.6 Å². The number of carbonyl (C=O) groups is 2. The van der Waals surface area contributed by atoms with Crippen molar-refractivity contribution < 1.29 is 14.3 Å². The van der Waals surface area contributed by atoms with Gasteiger partial charge in [0.2, 0.25) is 11.9 Å². The molecule has 0 unspecified atom stereocenters. The van der Waals surface area contributed by atoms with E-state index in [-0.39, 0.29) is 5.91 Å². The molecule has 0 aliphatic heterocycles. The number of rotatable bonds is 4. The quantitative estimate of drug-likeness (QED) is 0.841. The monoisotopic (exact) mass is 300 g/mol. The number of ether oxygens (including phenoxy) is 1. The Morgan fingerprint density at radius 1 is 1.23 bits per heavy atom. The first-order chi connectivity index (χ1) is 10.5. The summed E-state index contributed by atoms with van der Waals surface area (Å²) in [4.78, 5) is 30.9. The van der Waals surface area contributed by atoms with Gasteiger partial charge in [0, 0.05) is 18.8 Å². The predicted octanol–water partition coefficient (Wildman–Crippen LogP) is 2.27. The Bertz CT molecular complexity index is 716. The van der Waals surface area contributed by atoms with Crippen LogP contribution in [-0.4, -0.2) is 29.0 Å². The summed E-state index contributed by atoms with van der Waals surface area (Å²) in [5.41, 5.74) is 2.03. The van der Waals surface area contributed by atoms with E-state index in [0.717, 1.165) is 5.56 Å². The number of carbonyl (C=O) groups excluding carboxylic acids is 2. The van der Waals surface area contributed by atoms with E-state index in [1.807, 2.05) is 6.92 Å². The molecule has 7 heteroatoms. The minimum atomic E-state index is -0.420. The van der Waals surface area contributed by atoms with E-state index in [4.69, 9.17) is 4.74 Å². The number of hydrogen-bond acceptors (Lipinski definition) is 6. The van der Waals surface area contributed by atoms with Gasteiger partial charge in [0.15, 0.2) is 0 Å². The zero-order valence-electron chi connectivity index (χ0n) is 12.5. The Morgan fingerprint density at radius 3 is 2.68 bits per heavy atom. The second kappa shape index (κ2) is 6.66. The number of anilines is 3. The first kappa shape index (κ1) is 15.4. The smallest absolute Gasteiger partial charge is 0.337 e. The zero-order valence-corrected chi connectivity index (χ0v) is 12.5. The minimum Gasteiger partial charge on any atom is -0.465 e. The van der Waals surface area contributed by atoms with E-state index >= 15 is 0 Å². The number of nitrogens with zero attached hydrogens (tertiary/aromatic N) is 2. The van der Waals surface area contributed by atoms with Crippen LogP contribution in [0.5, 0.6) is 0 Å². The normalized spacial score (nSPS) is 9.95. The fourth-order valence-electron chi connectivity index (χ4n) is 1.79. The van der Waals surface area contributed by atoms with E-state index < -0.39 is 5.97 Å². The standard InChI is InChI=1S/C15H16N4O3/c1-9-4-5-11(14(21)22-3)8-12(9)18-15-16-7-6-13(19-15)17-10(2)20/h4-8H,1-3H3,(H2,16,17,18,19,20). The van der Waals surface area contributed by atoms with Crippen molar-refractivity contribution in [2.45, 2.75) is 13.8 Å². The number of hydrogen-bond donors (Lipinski definition) is 2. The summed E-state index contributed by atoms with van der Waals surface area (Å²) in [5.74, 6) is 0.0765. The van der Waals surface area contributed by atoms with Crippen LogP contribution in [0.4, 0.5) is 17.5 Å². The average molecular weight is 300 g/mol. The highest BCUT2D eigenvalue weighted by Crippen LogP contribution is 2.21. The van der Waals surface area contributed by atoms with Gasteiger partial charge in [-0.05, 0) is 30.7 Å². The third-order valence-electron chi connectivity index (χ3n) is 2.86. The summed E-state index contributed by atoms with van der Waals surface area (Å²) >= 11 is 0. The molecular formula is C15H16N4O3. The highest BCUT2D eigenvalue weighted by Gasteiger charge is 2.09. The van der Waals surface area contributed by atoms with E-state index in [0.29, 0.717) is 23.0 Å². The van der Waals surface area contributed by atoms with Crippen molar-refractivity contribution in [3.8, 4) is 0 Å². The van der Waals surface area contributed by atoms with Gasteiger partial charge in [-0.3, -0.25) is 4.79 Å². The van der Waals surface area contributed by atoms with Gasteiger partial charge in [0.1, 0.15) is 5.82 Å². The van der Waals surface area contributed by atoms with Gasteiger partial charge < -0.3 is 15.4 Å². The van der Waals surface area contributed by atoms with Gasteiger partial charge in [-0.15, -0.1) is 0 Å². The van der Waals surface area contributed by atoms with E-state index in [9.17, 15) is 9.59 Å².